The van der Waals surface area contributed by atoms with Crippen molar-refractivity contribution in [3.63, 3.8) is 0 Å². The Kier molecular flexibility index (Phi) is 12.5. The van der Waals surface area contributed by atoms with Crippen molar-refractivity contribution in [2.45, 2.75) is 76.0 Å². The Morgan fingerprint density at radius 3 is 2.32 bits per heavy atom. The molecule has 0 saturated carbocycles. The molecule has 11 heteroatoms. The number of hydrogen-bond acceptors (Lipinski definition) is 9. The molecule has 0 spiro atoms. The van der Waals surface area contributed by atoms with Crippen LogP contribution in [0.1, 0.15) is 62.0 Å². The van der Waals surface area contributed by atoms with Crippen LogP contribution in [0, 0.1) is 5.92 Å². The first-order valence-corrected chi connectivity index (χ1v) is 17.4. The summed E-state index contributed by atoms with van der Waals surface area (Å²) in [4.78, 5) is 29.3. The SMILES string of the molecule is CC(C)(C)OC(=O)NC(Cc1ccccc1)C(O)CC(Cc1ccc(OCCN2CCOCC2)cc1)C(=O)N[C@@]1(O)C[C@H](O)c2ccccc21. The summed E-state index contributed by atoms with van der Waals surface area (Å²) >= 11 is 0. The zero-order valence-corrected chi connectivity index (χ0v) is 29.2. The second-order valence-corrected chi connectivity index (χ2v) is 14.2. The number of fused-ring (bicyclic) bond motifs is 1. The van der Waals surface area contributed by atoms with Gasteiger partial charge in [-0.25, -0.2) is 4.79 Å². The number of rotatable bonds is 14. The summed E-state index contributed by atoms with van der Waals surface area (Å²) in [6.07, 6.45) is -2.36. The van der Waals surface area contributed by atoms with Crippen LogP contribution in [-0.4, -0.2) is 89.4 Å². The lowest BCUT2D eigenvalue weighted by Gasteiger charge is -2.31. The van der Waals surface area contributed by atoms with Crippen molar-refractivity contribution in [3.05, 3.63) is 101 Å². The molecule has 1 heterocycles. The maximum absolute atomic E-state index is 14.1. The fourth-order valence-electron chi connectivity index (χ4n) is 6.56. The fraction of sp³-hybridized carbons (Fsp3) is 0.487. The molecule has 1 aliphatic carbocycles. The van der Waals surface area contributed by atoms with Crippen LogP contribution < -0.4 is 15.4 Å². The molecule has 0 radical (unpaired) electrons. The maximum Gasteiger partial charge on any atom is 0.407 e. The summed E-state index contributed by atoms with van der Waals surface area (Å²) in [5, 5.41) is 39.6. The van der Waals surface area contributed by atoms with E-state index in [4.69, 9.17) is 14.2 Å². The van der Waals surface area contributed by atoms with E-state index >= 15 is 0 Å². The van der Waals surface area contributed by atoms with Gasteiger partial charge in [-0.1, -0.05) is 66.7 Å². The zero-order chi connectivity index (χ0) is 35.7. The number of alkyl carbamates (subject to hydrolysis) is 1. The number of hydrogen-bond donors (Lipinski definition) is 5. The summed E-state index contributed by atoms with van der Waals surface area (Å²) in [7, 11) is 0. The average molecular weight is 690 g/mol. The molecule has 5 rings (SSSR count). The van der Waals surface area contributed by atoms with Gasteiger partial charge in [0.2, 0.25) is 5.91 Å². The molecule has 1 saturated heterocycles. The van der Waals surface area contributed by atoms with Gasteiger partial charge in [-0.15, -0.1) is 0 Å². The Balaban J connectivity index is 1.33. The highest BCUT2D eigenvalue weighted by molar-refractivity contribution is 5.80. The van der Waals surface area contributed by atoms with Gasteiger partial charge in [0.1, 0.15) is 18.0 Å². The number of aliphatic hydroxyl groups excluding tert-OH is 2. The van der Waals surface area contributed by atoms with Crippen molar-refractivity contribution in [3.8, 4) is 5.75 Å². The number of morpholine rings is 1. The topological polar surface area (TPSA) is 150 Å². The number of nitrogens with zero attached hydrogens (tertiary/aromatic N) is 1. The summed E-state index contributed by atoms with van der Waals surface area (Å²) in [5.41, 5.74) is 0.185. The number of carbonyl (C=O) groups is 2. The standard InChI is InChI=1S/C39H51N3O8/c1-38(2,3)50-37(46)40-33(24-27-9-5-4-6-10-27)34(43)25-29(36(45)41-39(47)26-35(44)31-11-7-8-12-32(31)39)23-28-13-15-30(16-14-28)49-22-19-42-17-20-48-21-18-42/h4-16,29,33-35,43-44,47H,17-26H2,1-3H3,(H,40,46)(H,41,45)/t29?,33?,34?,35-,39+/m0/s1. The lowest BCUT2D eigenvalue weighted by atomic mass is 9.88. The van der Waals surface area contributed by atoms with Gasteiger partial charge < -0.3 is 40.2 Å². The van der Waals surface area contributed by atoms with Crippen LogP contribution in [0.15, 0.2) is 78.9 Å². The molecule has 50 heavy (non-hydrogen) atoms. The molecule has 5 atom stereocenters. The quantitative estimate of drug-likeness (QED) is 0.159. The monoisotopic (exact) mass is 689 g/mol. The number of amides is 2. The first kappa shape index (κ1) is 37.3. The molecule has 3 aromatic rings. The molecule has 2 amide bonds. The number of nitrogens with one attached hydrogen (secondary N) is 2. The second-order valence-electron chi connectivity index (χ2n) is 14.2. The Morgan fingerprint density at radius 1 is 0.960 bits per heavy atom. The number of carbonyl (C=O) groups excluding carboxylic acids is 2. The van der Waals surface area contributed by atoms with Crippen molar-refractivity contribution in [2.75, 3.05) is 39.5 Å². The minimum atomic E-state index is -1.79. The molecule has 1 aliphatic heterocycles. The van der Waals surface area contributed by atoms with Gasteiger partial charge in [0, 0.05) is 37.5 Å². The third kappa shape index (κ3) is 10.5. The van der Waals surface area contributed by atoms with E-state index in [0.29, 0.717) is 29.9 Å². The second kappa shape index (κ2) is 16.8. The van der Waals surface area contributed by atoms with Crippen molar-refractivity contribution in [1.29, 1.82) is 0 Å². The van der Waals surface area contributed by atoms with E-state index in [9.17, 15) is 24.9 Å². The van der Waals surface area contributed by atoms with Crippen LogP contribution in [0.2, 0.25) is 0 Å². The van der Waals surface area contributed by atoms with E-state index in [-0.39, 0.29) is 19.3 Å². The molecular formula is C39H51N3O8. The Bertz CT molecular complexity index is 1540. The first-order chi connectivity index (χ1) is 23.9. The van der Waals surface area contributed by atoms with Gasteiger partial charge >= 0.3 is 6.09 Å². The first-order valence-electron chi connectivity index (χ1n) is 17.4. The molecule has 2 aliphatic rings. The van der Waals surface area contributed by atoms with E-state index in [1.807, 2.05) is 54.6 Å². The Hall–Kier alpha value is -4.00. The van der Waals surface area contributed by atoms with E-state index in [2.05, 4.69) is 15.5 Å². The van der Waals surface area contributed by atoms with Crippen molar-refractivity contribution < 1.29 is 39.1 Å². The third-order valence-electron chi connectivity index (χ3n) is 9.13. The number of benzene rings is 3. The Morgan fingerprint density at radius 2 is 1.62 bits per heavy atom. The summed E-state index contributed by atoms with van der Waals surface area (Å²) in [6.45, 7) is 9.85. The molecule has 11 nitrogen and oxygen atoms in total. The Labute approximate surface area is 294 Å². The molecule has 5 N–H and O–H groups in total. The summed E-state index contributed by atoms with van der Waals surface area (Å²) in [6, 6.07) is 23.1. The van der Waals surface area contributed by atoms with E-state index < -0.39 is 47.5 Å². The van der Waals surface area contributed by atoms with E-state index in [0.717, 1.165) is 44.0 Å². The van der Waals surface area contributed by atoms with Gasteiger partial charge in [0.25, 0.3) is 0 Å². The predicted molar refractivity (Wildman–Crippen MR) is 188 cm³/mol. The summed E-state index contributed by atoms with van der Waals surface area (Å²) < 4.78 is 16.9. The van der Waals surface area contributed by atoms with Crippen LogP contribution in [0.5, 0.6) is 5.75 Å². The highest BCUT2D eigenvalue weighted by atomic mass is 16.6. The normalized spacial score (nSPS) is 21.0. The van der Waals surface area contributed by atoms with Crippen LogP contribution in [0.25, 0.3) is 0 Å². The maximum atomic E-state index is 14.1. The van der Waals surface area contributed by atoms with Crippen LogP contribution >= 0.6 is 0 Å². The largest absolute Gasteiger partial charge is 0.492 e. The predicted octanol–water partition coefficient (Wildman–Crippen LogP) is 3.84. The molecule has 3 unspecified atom stereocenters. The third-order valence-corrected chi connectivity index (χ3v) is 9.13. The molecule has 1 fully saturated rings. The van der Waals surface area contributed by atoms with Crippen molar-refractivity contribution >= 4 is 12.0 Å². The smallest absolute Gasteiger partial charge is 0.407 e. The van der Waals surface area contributed by atoms with Gasteiger partial charge in [-0.2, -0.15) is 0 Å². The highest BCUT2D eigenvalue weighted by Crippen LogP contribution is 2.41. The molecule has 3 aromatic carbocycles. The van der Waals surface area contributed by atoms with Crippen LogP contribution in [-0.2, 0) is 32.8 Å². The van der Waals surface area contributed by atoms with Crippen molar-refractivity contribution in [2.24, 2.45) is 5.92 Å². The van der Waals surface area contributed by atoms with E-state index in [1.54, 1.807) is 45.0 Å². The number of aliphatic hydroxyl groups is 3. The van der Waals surface area contributed by atoms with Gasteiger partial charge in [0.15, 0.2) is 5.72 Å². The average Bonchev–Trinajstić information content (AvgIpc) is 3.33. The van der Waals surface area contributed by atoms with Crippen molar-refractivity contribution in [1.82, 2.24) is 15.5 Å². The molecule has 0 bridgehead atoms. The number of ether oxygens (including phenoxy) is 3. The van der Waals surface area contributed by atoms with Crippen LogP contribution in [0.4, 0.5) is 4.79 Å². The highest BCUT2D eigenvalue weighted by Gasteiger charge is 2.44. The fourth-order valence-corrected chi connectivity index (χ4v) is 6.56. The van der Waals surface area contributed by atoms with Gasteiger partial charge in [-0.05, 0) is 68.9 Å². The zero-order valence-electron chi connectivity index (χ0n) is 29.2. The molecule has 270 valence electrons. The van der Waals surface area contributed by atoms with Crippen LogP contribution in [0.3, 0.4) is 0 Å². The minimum absolute atomic E-state index is 0.0305. The van der Waals surface area contributed by atoms with E-state index in [1.165, 1.54) is 0 Å². The lowest BCUT2D eigenvalue weighted by molar-refractivity contribution is -0.135. The van der Waals surface area contributed by atoms with Gasteiger partial charge in [0.05, 0.1) is 31.5 Å². The molecule has 0 aromatic heterocycles. The minimum Gasteiger partial charge on any atom is -0.492 e. The summed E-state index contributed by atoms with van der Waals surface area (Å²) in [5.74, 6) is -0.596. The molecular weight excluding hydrogens is 638 g/mol. The van der Waals surface area contributed by atoms with Gasteiger partial charge in [-0.3, -0.25) is 9.69 Å². The lowest BCUT2D eigenvalue weighted by Crippen LogP contribution is -2.50.